The van der Waals surface area contributed by atoms with Crippen LogP contribution in [0.25, 0.3) is 0 Å². The third-order valence-corrected chi connectivity index (χ3v) is 7.68. The molecule has 1 fully saturated rings. The average Bonchev–Trinajstić information content (AvgIpc) is 3.16. The van der Waals surface area contributed by atoms with Crippen LogP contribution < -0.4 is 21.5 Å². The van der Waals surface area contributed by atoms with Gasteiger partial charge in [-0.2, -0.15) is 0 Å². The summed E-state index contributed by atoms with van der Waals surface area (Å²) in [5, 5.41) is 17.5. The number of carbonyl (C=O) groups is 1. The van der Waals surface area contributed by atoms with Gasteiger partial charge in [-0.05, 0) is 31.2 Å². The van der Waals surface area contributed by atoms with E-state index in [1.54, 1.807) is 11.3 Å². The van der Waals surface area contributed by atoms with Crippen LogP contribution in [-0.2, 0) is 6.42 Å². The number of aromatic nitrogens is 2. The van der Waals surface area contributed by atoms with E-state index in [-0.39, 0.29) is 28.5 Å². The largest absolute Gasteiger partial charge is 0.504 e. The van der Waals surface area contributed by atoms with Gasteiger partial charge in [0.2, 0.25) is 0 Å². The van der Waals surface area contributed by atoms with Gasteiger partial charge in [0.05, 0.1) is 40.4 Å². The molecule has 1 amide bonds. The molecule has 35 heavy (non-hydrogen) atoms. The number of pyridine rings is 1. The van der Waals surface area contributed by atoms with Crippen LogP contribution >= 0.6 is 11.3 Å². The molecule has 2 aliphatic rings. The number of fused-ring (bicyclic) bond motifs is 1. The molecule has 0 spiro atoms. The number of aryl methyl sites for hydroxylation is 2. The monoisotopic (exact) mass is 503 g/mol. The number of aromatic hydroxyl groups is 1. The second-order valence-corrected chi connectivity index (χ2v) is 11.0. The summed E-state index contributed by atoms with van der Waals surface area (Å²) in [6.07, 6.45) is 2.88. The summed E-state index contributed by atoms with van der Waals surface area (Å²) < 4.78 is 26.3. The summed E-state index contributed by atoms with van der Waals surface area (Å²) in [4.78, 5) is 47.7. The summed E-state index contributed by atoms with van der Waals surface area (Å²) >= 11 is 1.55. The predicted molar refractivity (Wildman–Crippen MR) is 127 cm³/mol. The van der Waals surface area contributed by atoms with Crippen molar-refractivity contribution in [1.29, 1.82) is 0 Å². The molecular formula is C23H23F2N5O4S. The number of alkyl halides is 2. The first-order valence-electron chi connectivity index (χ1n) is 11.1. The SMILES string of the molecule is Cc1nc2c(s1)C(Nc1c(Nc3ccnc(C(=O)N4CC(F)(F)C4)c3O)c(=O)c1=O)C(C)(C)CC2. The van der Waals surface area contributed by atoms with E-state index in [4.69, 9.17) is 0 Å². The smallest absolute Gasteiger partial charge is 0.282 e. The maximum Gasteiger partial charge on any atom is 0.282 e. The zero-order valence-corrected chi connectivity index (χ0v) is 20.1. The molecule has 5 rings (SSSR count). The number of anilines is 3. The van der Waals surface area contributed by atoms with Gasteiger partial charge in [-0.3, -0.25) is 14.4 Å². The zero-order valence-electron chi connectivity index (χ0n) is 19.2. The summed E-state index contributed by atoms with van der Waals surface area (Å²) in [5.74, 6) is -4.41. The molecule has 9 nitrogen and oxygen atoms in total. The molecule has 1 aromatic carbocycles. The lowest BCUT2D eigenvalue weighted by molar-refractivity contribution is -0.113. The van der Waals surface area contributed by atoms with Crippen molar-refractivity contribution in [2.45, 2.75) is 45.6 Å². The van der Waals surface area contributed by atoms with E-state index < -0.39 is 47.2 Å². The molecule has 3 N–H and O–H groups in total. The van der Waals surface area contributed by atoms with E-state index in [9.17, 15) is 28.3 Å². The second kappa shape index (κ2) is 7.80. The Balaban J connectivity index is 1.43. The first kappa shape index (κ1) is 23.3. The number of halogens is 2. The van der Waals surface area contributed by atoms with Gasteiger partial charge in [-0.25, -0.2) is 18.7 Å². The molecule has 0 bridgehead atoms. The quantitative estimate of drug-likeness (QED) is 0.454. The van der Waals surface area contributed by atoms with Crippen LogP contribution in [0.5, 0.6) is 5.75 Å². The van der Waals surface area contributed by atoms with E-state index in [0.29, 0.717) is 0 Å². The minimum absolute atomic E-state index is 0.0389. The number of rotatable bonds is 5. The Morgan fingerprint density at radius 1 is 1.23 bits per heavy atom. The highest BCUT2D eigenvalue weighted by molar-refractivity contribution is 7.11. The number of thiazole rings is 1. The molecule has 1 atom stereocenters. The molecule has 3 heterocycles. The molecule has 2 aromatic heterocycles. The van der Waals surface area contributed by atoms with Gasteiger partial charge >= 0.3 is 0 Å². The lowest BCUT2D eigenvalue weighted by Gasteiger charge is -2.39. The van der Waals surface area contributed by atoms with Crippen LogP contribution in [0.3, 0.4) is 0 Å². The molecule has 12 heteroatoms. The van der Waals surface area contributed by atoms with Gasteiger partial charge in [-0.1, -0.05) is 13.8 Å². The van der Waals surface area contributed by atoms with Crippen molar-refractivity contribution in [3.63, 3.8) is 0 Å². The summed E-state index contributed by atoms with van der Waals surface area (Å²) in [6.45, 7) is 4.56. The summed E-state index contributed by atoms with van der Waals surface area (Å²) in [6, 6.07) is 1.07. The van der Waals surface area contributed by atoms with Crippen LogP contribution in [-0.4, -0.2) is 44.9 Å². The molecule has 1 aliphatic heterocycles. The van der Waals surface area contributed by atoms with Crippen molar-refractivity contribution in [3.05, 3.63) is 54.0 Å². The van der Waals surface area contributed by atoms with Gasteiger partial charge < -0.3 is 20.6 Å². The number of amides is 1. The number of nitrogens with one attached hydrogen (secondary N) is 2. The molecular weight excluding hydrogens is 480 g/mol. The zero-order chi connectivity index (χ0) is 25.3. The Morgan fingerprint density at radius 3 is 2.60 bits per heavy atom. The van der Waals surface area contributed by atoms with Crippen molar-refractivity contribution in [2.24, 2.45) is 5.41 Å². The maximum atomic E-state index is 13.2. The fraction of sp³-hybridized carbons (Fsp3) is 0.435. The molecule has 1 saturated heterocycles. The topological polar surface area (TPSA) is 125 Å². The van der Waals surface area contributed by atoms with Crippen molar-refractivity contribution >= 4 is 34.3 Å². The van der Waals surface area contributed by atoms with Gasteiger partial charge in [0.1, 0.15) is 11.4 Å². The first-order valence-corrected chi connectivity index (χ1v) is 11.9. The van der Waals surface area contributed by atoms with E-state index in [1.165, 1.54) is 12.3 Å². The Labute approximate surface area is 202 Å². The number of hydrogen-bond acceptors (Lipinski definition) is 9. The van der Waals surface area contributed by atoms with Crippen LogP contribution in [0.2, 0.25) is 0 Å². The normalized spacial score (nSPS) is 20.3. The van der Waals surface area contributed by atoms with Crippen molar-refractivity contribution in [3.8, 4) is 5.75 Å². The summed E-state index contributed by atoms with van der Waals surface area (Å²) in [5.41, 5.74) is -1.13. The highest BCUT2D eigenvalue weighted by atomic mass is 32.1. The van der Waals surface area contributed by atoms with E-state index >= 15 is 0 Å². The minimum atomic E-state index is -2.96. The number of nitrogens with zero attached hydrogens (tertiary/aromatic N) is 3. The summed E-state index contributed by atoms with van der Waals surface area (Å²) in [7, 11) is 0. The van der Waals surface area contributed by atoms with Gasteiger partial charge in [0, 0.05) is 6.20 Å². The van der Waals surface area contributed by atoms with E-state index in [1.807, 2.05) is 6.92 Å². The third-order valence-electron chi connectivity index (χ3n) is 6.60. The van der Waals surface area contributed by atoms with Crippen LogP contribution in [0.1, 0.15) is 52.4 Å². The molecule has 1 unspecified atom stereocenters. The maximum absolute atomic E-state index is 13.2. The number of carbonyl (C=O) groups excluding carboxylic acids is 1. The van der Waals surface area contributed by atoms with Crippen LogP contribution in [0.4, 0.5) is 25.8 Å². The van der Waals surface area contributed by atoms with E-state index in [0.717, 1.165) is 33.3 Å². The fourth-order valence-corrected chi connectivity index (χ4v) is 5.77. The van der Waals surface area contributed by atoms with Crippen molar-refractivity contribution < 1.29 is 18.7 Å². The van der Waals surface area contributed by atoms with Gasteiger partial charge in [0.25, 0.3) is 22.7 Å². The third kappa shape index (κ3) is 3.85. The lowest BCUT2D eigenvalue weighted by Crippen LogP contribution is -2.58. The Bertz CT molecular complexity index is 1420. The van der Waals surface area contributed by atoms with Crippen molar-refractivity contribution in [1.82, 2.24) is 14.9 Å². The lowest BCUT2D eigenvalue weighted by atomic mass is 9.74. The molecule has 3 aromatic rings. The highest BCUT2D eigenvalue weighted by Gasteiger charge is 2.47. The standard InChI is InChI=1S/C23H23F2N5O4S/c1-10-27-12-4-6-22(2,3)20(19(12)35-10)29-14-13(17(32)18(14)33)28-11-5-7-26-15(16(11)31)21(34)30-8-23(24,25)9-30/h5,7,20,29,31H,4,6,8-9H2,1-3H3,(H,26,28). The van der Waals surface area contributed by atoms with Crippen LogP contribution in [0, 0.1) is 12.3 Å². The first-order chi connectivity index (χ1) is 16.4. The Morgan fingerprint density at radius 2 is 1.91 bits per heavy atom. The fourth-order valence-electron chi connectivity index (χ4n) is 4.54. The minimum Gasteiger partial charge on any atom is -0.504 e. The van der Waals surface area contributed by atoms with Crippen LogP contribution in [0.15, 0.2) is 21.9 Å². The Hall–Kier alpha value is -3.41. The second-order valence-electron chi connectivity index (χ2n) is 9.72. The van der Waals surface area contributed by atoms with Crippen molar-refractivity contribution in [2.75, 3.05) is 23.7 Å². The van der Waals surface area contributed by atoms with Gasteiger partial charge in [-0.15, -0.1) is 11.3 Å². The average molecular weight is 504 g/mol. The van der Waals surface area contributed by atoms with E-state index in [2.05, 4.69) is 34.4 Å². The number of likely N-dealkylation sites (tertiary alicyclic amines) is 1. The molecule has 184 valence electrons. The molecule has 0 radical (unpaired) electrons. The number of hydrogen-bond donors (Lipinski definition) is 3. The van der Waals surface area contributed by atoms with Gasteiger partial charge in [0.15, 0.2) is 11.4 Å². The highest BCUT2D eigenvalue weighted by Crippen LogP contribution is 2.47. The Kier molecular flexibility index (Phi) is 5.20. The molecule has 1 aliphatic carbocycles. The predicted octanol–water partition coefficient (Wildman–Crippen LogP) is 3.11. The molecule has 0 saturated carbocycles.